The Hall–Kier alpha value is 0.210. The first-order chi connectivity index (χ1) is 6.96. The van der Waals surface area contributed by atoms with E-state index in [1.807, 2.05) is 0 Å². The average Bonchev–Trinajstić information content (AvgIpc) is 2.58. The van der Waals surface area contributed by atoms with Gasteiger partial charge >= 0.3 is 0 Å². The molecule has 1 aliphatic rings. The fourth-order valence-electron chi connectivity index (χ4n) is 2.04. The van der Waals surface area contributed by atoms with E-state index < -0.39 is 0 Å². The molecule has 2 nitrogen and oxygen atoms in total. The summed E-state index contributed by atoms with van der Waals surface area (Å²) in [4.78, 5) is 0. The fourth-order valence-corrected chi connectivity index (χ4v) is 2.53. The molecule has 1 fully saturated rings. The molecule has 0 spiro atoms. The van der Waals surface area contributed by atoms with Crippen LogP contribution in [0.2, 0.25) is 0 Å². The molecular formula is C12H23ClO2. The highest BCUT2D eigenvalue weighted by atomic mass is 35.5. The number of alkyl halides is 1. The van der Waals surface area contributed by atoms with Crippen molar-refractivity contribution in [3.63, 3.8) is 0 Å². The zero-order valence-corrected chi connectivity index (χ0v) is 11.1. The third kappa shape index (κ3) is 3.08. The molecule has 3 heteroatoms. The van der Waals surface area contributed by atoms with Crippen LogP contribution in [0.25, 0.3) is 0 Å². The summed E-state index contributed by atoms with van der Waals surface area (Å²) in [6.45, 7) is 7.22. The lowest BCUT2D eigenvalue weighted by Gasteiger charge is -2.33. The maximum absolute atomic E-state index is 6.11. The van der Waals surface area contributed by atoms with E-state index in [0.717, 1.165) is 25.9 Å². The Morgan fingerprint density at radius 3 is 2.60 bits per heavy atom. The highest BCUT2D eigenvalue weighted by Crippen LogP contribution is 2.41. The van der Waals surface area contributed by atoms with Gasteiger partial charge in [-0.25, -0.2) is 0 Å². The molecule has 0 aromatic carbocycles. The largest absolute Gasteiger partial charge is 0.379 e. The normalized spacial score (nSPS) is 32.2. The minimum atomic E-state index is -0.0542. The molecule has 15 heavy (non-hydrogen) atoms. The van der Waals surface area contributed by atoms with Crippen LogP contribution < -0.4 is 0 Å². The third-order valence-electron chi connectivity index (χ3n) is 3.87. The van der Waals surface area contributed by atoms with Crippen LogP contribution in [0.4, 0.5) is 0 Å². The Kier molecular flexibility index (Phi) is 4.45. The molecule has 2 atom stereocenters. The Bertz CT molecular complexity index is 206. The molecule has 0 N–H and O–H groups in total. The molecule has 1 rings (SSSR count). The second kappa shape index (κ2) is 5.03. The molecule has 0 bridgehead atoms. The van der Waals surface area contributed by atoms with Gasteiger partial charge in [-0.1, -0.05) is 0 Å². The summed E-state index contributed by atoms with van der Waals surface area (Å²) in [6.07, 6.45) is 3.47. The van der Waals surface area contributed by atoms with Crippen LogP contribution in [0.15, 0.2) is 0 Å². The standard InChI is InChI=1S/C12H23ClO2/c1-10-12(9-13,7-8-15-10)6-5-11(2,3)14-4/h10H,5-9H2,1-4H3. The lowest BCUT2D eigenvalue weighted by molar-refractivity contribution is -0.00361. The van der Waals surface area contributed by atoms with E-state index >= 15 is 0 Å². The summed E-state index contributed by atoms with van der Waals surface area (Å²) in [5.41, 5.74) is 0.110. The van der Waals surface area contributed by atoms with E-state index in [-0.39, 0.29) is 17.1 Å². The number of hydrogen-bond acceptors (Lipinski definition) is 2. The van der Waals surface area contributed by atoms with Crippen LogP contribution in [0.3, 0.4) is 0 Å². The van der Waals surface area contributed by atoms with Crippen LogP contribution in [-0.4, -0.2) is 31.3 Å². The highest BCUT2D eigenvalue weighted by molar-refractivity contribution is 6.18. The van der Waals surface area contributed by atoms with Gasteiger partial charge in [0.25, 0.3) is 0 Å². The maximum atomic E-state index is 6.11. The second-order valence-electron chi connectivity index (χ2n) is 5.22. The molecule has 1 heterocycles. The molecule has 0 amide bonds. The molecule has 2 unspecified atom stereocenters. The summed E-state index contributed by atoms with van der Waals surface area (Å²) in [5.74, 6) is 0.688. The summed E-state index contributed by atoms with van der Waals surface area (Å²) < 4.78 is 11.1. The lowest BCUT2D eigenvalue weighted by Crippen LogP contribution is -2.34. The number of halogens is 1. The minimum absolute atomic E-state index is 0.0542. The molecule has 90 valence electrons. The van der Waals surface area contributed by atoms with Crippen molar-refractivity contribution in [2.45, 2.75) is 51.7 Å². The molecular weight excluding hydrogens is 212 g/mol. The van der Waals surface area contributed by atoms with Gasteiger partial charge < -0.3 is 9.47 Å². The highest BCUT2D eigenvalue weighted by Gasteiger charge is 2.41. The fraction of sp³-hybridized carbons (Fsp3) is 1.00. The van der Waals surface area contributed by atoms with Gasteiger partial charge in [-0.05, 0) is 40.0 Å². The van der Waals surface area contributed by atoms with Crippen LogP contribution in [0.5, 0.6) is 0 Å². The molecule has 0 aromatic heterocycles. The lowest BCUT2D eigenvalue weighted by atomic mass is 9.77. The molecule has 0 aromatic rings. The van der Waals surface area contributed by atoms with Gasteiger partial charge in [-0.2, -0.15) is 0 Å². The van der Waals surface area contributed by atoms with Crippen molar-refractivity contribution in [1.29, 1.82) is 0 Å². The molecule has 0 aliphatic carbocycles. The average molecular weight is 235 g/mol. The number of rotatable bonds is 5. The van der Waals surface area contributed by atoms with E-state index in [9.17, 15) is 0 Å². The van der Waals surface area contributed by atoms with E-state index in [2.05, 4.69) is 20.8 Å². The third-order valence-corrected chi connectivity index (χ3v) is 4.41. The predicted molar refractivity (Wildman–Crippen MR) is 63.5 cm³/mol. The van der Waals surface area contributed by atoms with Gasteiger partial charge in [0.1, 0.15) is 0 Å². The minimum Gasteiger partial charge on any atom is -0.379 e. The SMILES string of the molecule is COC(C)(C)CCC1(CCl)CCOC1C. The monoisotopic (exact) mass is 234 g/mol. The number of methoxy groups -OCH3 is 1. The van der Waals surface area contributed by atoms with E-state index in [1.165, 1.54) is 0 Å². The molecule has 0 radical (unpaired) electrons. The Morgan fingerprint density at radius 1 is 1.53 bits per heavy atom. The first-order valence-electron chi connectivity index (χ1n) is 5.68. The van der Waals surface area contributed by atoms with Crippen LogP contribution in [0, 0.1) is 5.41 Å². The van der Waals surface area contributed by atoms with Gasteiger partial charge in [0, 0.05) is 25.0 Å². The van der Waals surface area contributed by atoms with Gasteiger partial charge in [0.15, 0.2) is 0 Å². The Labute approximate surface area is 98.3 Å². The molecule has 1 saturated heterocycles. The van der Waals surface area contributed by atoms with Crippen LogP contribution in [-0.2, 0) is 9.47 Å². The Morgan fingerprint density at radius 2 is 2.20 bits per heavy atom. The van der Waals surface area contributed by atoms with Gasteiger partial charge in [0.2, 0.25) is 0 Å². The quantitative estimate of drug-likeness (QED) is 0.680. The molecule has 1 aliphatic heterocycles. The summed E-state index contributed by atoms with van der Waals surface area (Å²) in [6, 6.07) is 0. The van der Waals surface area contributed by atoms with Crippen molar-refractivity contribution < 1.29 is 9.47 Å². The first kappa shape index (κ1) is 13.3. The van der Waals surface area contributed by atoms with E-state index in [4.69, 9.17) is 21.1 Å². The van der Waals surface area contributed by atoms with Gasteiger partial charge in [-0.15, -0.1) is 11.6 Å². The van der Waals surface area contributed by atoms with Gasteiger partial charge in [-0.3, -0.25) is 0 Å². The summed E-state index contributed by atoms with van der Waals surface area (Å²) in [5, 5.41) is 0. The predicted octanol–water partition coefficient (Wildman–Crippen LogP) is 3.23. The summed E-state index contributed by atoms with van der Waals surface area (Å²) >= 11 is 6.11. The van der Waals surface area contributed by atoms with Crippen molar-refractivity contribution in [2.24, 2.45) is 5.41 Å². The second-order valence-corrected chi connectivity index (χ2v) is 5.49. The van der Waals surface area contributed by atoms with E-state index in [1.54, 1.807) is 7.11 Å². The number of hydrogen-bond donors (Lipinski definition) is 0. The van der Waals surface area contributed by atoms with Crippen LogP contribution in [0.1, 0.15) is 40.0 Å². The van der Waals surface area contributed by atoms with Crippen LogP contribution >= 0.6 is 11.6 Å². The number of ether oxygens (including phenoxy) is 2. The Balaban J connectivity index is 2.54. The van der Waals surface area contributed by atoms with Crippen molar-refractivity contribution in [2.75, 3.05) is 19.6 Å². The topological polar surface area (TPSA) is 18.5 Å². The summed E-state index contributed by atoms with van der Waals surface area (Å²) in [7, 11) is 1.77. The van der Waals surface area contributed by atoms with Crippen molar-refractivity contribution in [1.82, 2.24) is 0 Å². The smallest absolute Gasteiger partial charge is 0.0623 e. The van der Waals surface area contributed by atoms with Gasteiger partial charge in [0.05, 0.1) is 11.7 Å². The first-order valence-corrected chi connectivity index (χ1v) is 6.22. The molecule has 0 saturated carbocycles. The zero-order valence-electron chi connectivity index (χ0n) is 10.3. The maximum Gasteiger partial charge on any atom is 0.0623 e. The zero-order chi connectivity index (χ0) is 11.5. The van der Waals surface area contributed by atoms with Crippen molar-refractivity contribution in [3.05, 3.63) is 0 Å². The van der Waals surface area contributed by atoms with Crippen molar-refractivity contribution in [3.8, 4) is 0 Å². The van der Waals surface area contributed by atoms with Crippen molar-refractivity contribution >= 4 is 11.6 Å². The van der Waals surface area contributed by atoms with E-state index in [0.29, 0.717) is 5.88 Å².